The Labute approximate surface area is 132 Å². The number of benzene rings is 1. The molecule has 7 heteroatoms. The van der Waals surface area contributed by atoms with E-state index in [0.717, 1.165) is 0 Å². The van der Waals surface area contributed by atoms with Crippen molar-refractivity contribution in [3.05, 3.63) is 28.8 Å². The average Bonchev–Trinajstić information content (AvgIpc) is 2.31. The minimum absolute atomic E-state index is 0. The number of nitrogens with one attached hydrogen (secondary N) is 1. The van der Waals surface area contributed by atoms with E-state index in [4.69, 9.17) is 11.6 Å². The van der Waals surface area contributed by atoms with E-state index < -0.39 is 10.0 Å². The number of hydrogen-bond donors (Lipinski definition) is 1. The van der Waals surface area contributed by atoms with Crippen molar-refractivity contribution < 1.29 is 8.42 Å². The van der Waals surface area contributed by atoms with Gasteiger partial charge in [-0.3, -0.25) is 0 Å². The van der Waals surface area contributed by atoms with E-state index in [0.29, 0.717) is 28.6 Å². The van der Waals surface area contributed by atoms with Crippen molar-refractivity contribution in [2.75, 3.05) is 13.1 Å². The van der Waals surface area contributed by atoms with Crippen LogP contribution >= 0.6 is 24.0 Å². The highest BCUT2D eigenvalue weighted by Crippen LogP contribution is 2.26. The second-order valence-corrected chi connectivity index (χ2v) is 7.47. The van der Waals surface area contributed by atoms with E-state index in [-0.39, 0.29) is 24.5 Å². The number of nitrogens with zero attached hydrogens (tertiary/aromatic N) is 1. The molecule has 0 aliphatic carbocycles. The van der Waals surface area contributed by atoms with Gasteiger partial charge in [-0.1, -0.05) is 17.7 Å². The van der Waals surface area contributed by atoms with Crippen LogP contribution in [0.3, 0.4) is 0 Å². The highest BCUT2D eigenvalue weighted by Gasteiger charge is 2.32. The molecule has 0 radical (unpaired) electrons. The Hall–Kier alpha value is -0.330. The molecule has 20 heavy (non-hydrogen) atoms. The average molecular weight is 339 g/mol. The molecule has 1 aliphatic heterocycles. The van der Waals surface area contributed by atoms with Gasteiger partial charge in [-0.2, -0.15) is 4.31 Å². The van der Waals surface area contributed by atoms with Crippen LogP contribution in [0.25, 0.3) is 0 Å². The highest BCUT2D eigenvalue weighted by atomic mass is 35.5. The third-order valence-corrected chi connectivity index (χ3v) is 5.75. The van der Waals surface area contributed by atoms with Crippen LogP contribution in [0.4, 0.5) is 0 Å². The molecule has 1 fully saturated rings. The summed E-state index contributed by atoms with van der Waals surface area (Å²) in [5.74, 6) is 0. The molecular weight excluding hydrogens is 319 g/mol. The van der Waals surface area contributed by atoms with E-state index >= 15 is 0 Å². The SMILES string of the molecule is Cc1c(Cl)cccc1S(=O)(=O)N1CC(C)NC(C)C1.Cl. The molecule has 2 unspecified atom stereocenters. The zero-order chi connectivity index (χ0) is 14.2. The van der Waals surface area contributed by atoms with Crippen LogP contribution in [0.2, 0.25) is 5.02 Å². The molecular formula is C13H20Cl2N2O2S. The summed E-state index contributed by atoms with van der Waals surface area (Å²) in [5.41, 5.74) is 0.614. The van der Waals surface area contributed by atoms with Gasteiger partial charge in [0.25, 0.3) is 0 Å². The molecule has 1 saturated heterocycles. The van der Waals surface area contributed by atoms with Gasteiger partial charge in [0.1, 0.15) is 0 Å². The van der Waals surface area contributed by atoms with Crippen molar-refractivity contribution in [3.63, 3.8) is 0 Å². The highest BCUT2D eigenvalue weighted by molar-refractivity contribution is 7.89. The standard InChI is InChI=1S/C13H19ClN2O2S.ClH/c1-9-7-16(8-10(2)15-9)19(17,18)13-6-4-5-12(14)11(13)3;/h4-6,9-10,15H,7-8H2,1-3H3;1H. The normalized spacial score (nSPS) is 24.2. The first kappa shape index (κ1) is 17.7. The topological polar surface area (TPSA) is 49.4 Å². The van der Waals surface area contributed by atoms with Gasteiger partial charge in [-0.05, 0) is 38.5 Å². The Morgan fingerprint density at radius 2 is 1.80 bits per heavy atom. The van der Waals surface area contributed by atoms with Crippen LogP contribution in [0.5, 0.6) is 0 Å². The van der Waals surface area contributed by atoms with E-state index in [2.05, 4.69) is 5.32 Å². The van der Waals surface area contributed by atoms with Crippen LogP contribution in [-0.4, -0.2) is 37.9 Å². The maximum Gasteiger partial charge on any atom is 0.243 e. The number of piperazine rings is 1. The Morgan fingerprint density at radius 3 is 2.35 bits per heavy atom. The number of hydrogen-bond acceptors (Lipinski definition) is 3. The Kier molecular flexibility index (Phi) is 5.87. The number of halogens is 2. The van der Waals surface area contributed by atoms with Crippen molar-refractivity contribution in [2.45, 2.75) is 37.8 Å². The summed E-state index contributed by atoms with van der Waals surface area (Å²) in [6.45, 7) is 6.69. The fraction of sp³-hybridized carbons (Fsp3) is 0.538. The minimum atomic E-state index is -3.47. The summed E-state index contributed by atoms with van der Waals surface area (Å²) >= 11 is 6.02. The van der Waals surface area contributed by atoms with Gasteiger partial charge in [0.05, 0.1) is 4.90 Å². The van der Waals surface area contributed by atoms with Gasteiger partial charge in [0.15, 0.2) is 0 Å². The Bertz CT molecular complexity index is 568. The van der Waals surface area contributed by atoms with Gasteiger partial charge >= 0.3 is 0 Å². The second kappa shape index (κ2) is 6.62. The molecule has 1 aliphatic rings. The lowest BCUT2D eigenvalue weighted by atomic mass is 10.2. The van der Waals surface area contributed by atoms with Gasteiger partial charge in [-0.15, -0.1) is 12.4 Å². The van der Waals surface area contributed by atoms with Crippen molar-refractivity contribution in [1.29, 1.82) is 0 Å². The third kappa shape index (κ3) is 3.46. The number of rotatable bonds is 2. The monoisotopic (exact) mass is 338 g/mol. The van der Waals surface area contributed by atoms with Gasteiger partial charge in [0, 0.05) is 30.2 Å². The Morgan fingerprint density at radius 1 is 1.25 bits per heavy atom. The largest absolute Gasteiger partial charge is 0.309 e. The molecule has 1 N–H and O–H groups in total. The first-order valence-electron chi connectivity index (χ1n) is 6.33. The summed E-state index contributed by atoms with van der Waals surface area (Å²) in [6.07, 6.45) is 0. The van der Waals surface area contributed by atoms with Crippen molar-refractivity contribution >= 4 is 34.0 Å². The molecule has 2 atom stereocenters. The first-order chi connectivity index (χ1) is 8.82. The quantitative estimate of drug-likeness (QED) is 0.900. The number of sulfonamides is 1. The van der Waals surface area contributed by atoms with Gasteiger partial charge < -0.3 is 5.32 Å². The lowest BCUT2D eigenvalue weighted by Gasteiger charge is -2.35. The van der Waals surface area contributed by atoms with Crippen LogP contribution in [0, 0.1) is 6.92 Å². The molecule has 2 rings (SSSR count). The lowest BCUT2D eigenvalue weighted by molar-refractivity contribution is 0.263. The van der Waals surface area contributed by atoms with Crippen molar-refractivity contribution in [3.8, 4) is 0 Å². The summed E-state index contributed by atoms with van der Waals surface area (Å²) in [6, 6.07) is 5.31. The smallest absolute Gasteiger partial charge is 0.243 e. The van der Waals surface area contributed by atoms with Crippen LogP contribution in [0.15, 0.2) is 23.1 Å². The molecule has 1 aromatic rings. The fourth-order valence-electron chi connectivity index (χ4n) is 2.48. The van der Waals surface area contributed by atoms with Crippen LogP contribution in [0.1, 0.15) is 19.4 Å². The molecule has 1 heterocycles. The zero-order valence-electron chi connectivity index (χ0n) is 11.8. The molecule has 4 nitrogen and oxygen atoms in total. The summed E-state index contributed by atoms with van der Waals surface area (Å²) in [7, 11) is -3.47. The summed E-state index contributed by atoms with van der Waals surface area (Å²) in [5, 5.41) is 3.81. The first-order valence-corrected chi connectivity index (χ1v) is 8.15. The minimum Gasteiger partial charge on any atom is -0.309 e. The molecule has 0 aromatic heterocycles. The maximum atomic E-state index is 12.7. The summed E-state index contributed by atoms with van der Waals surface area (Å²) < 4.78 is 26.9. The fourth-order valence-corrected chi connectivity index (χ4v) is 4.57. The van der Waals surface area contributed by atoms with Gasteiger partial charge in [-0.25, -0.2) is 8.42 Å². The molecule has 0 bridgehead atoms. The van der Waals surface area contributed by atoms with Crippen LogP contribution in [-0.2, 0) is 10.0 Å². The molecule has 114 valence electrons. The maximum absolute atomic E-state index is 12.7. The summed E-state index contributed by atoms with van der Waals surface area (Å²) in [4.78, 5) is 0.307. The molecule has 0 spiro atoms. The zero-order valence-corrected chi connectivity index (χ0v) is 14.1. The van der Waals surface area contributed by atoms with Crippen LogP contribution < -0.4 is 5.32 Å². The van der Waals surface area contributed by atoms with E-state index in [1.165, 1.54) is 4.31 Å². The molecule has 0 amide bonds. The molecule has 1 aromatic carbocycles. The van der Waals surface area contributed by atoms with Crippen molar-refractivity contribution in [2.24, 2.45) is 0 Å². The van der Waals surface area contributed by atoms with Gasteiger partial charge in [0.2, 0.25) is 10.0 Å². The third-order valence-electron chi connectivity index (χ3n) is 3.36. The van der Waals surface area contributed by atoms with E-state index in [1.807, 2.05) is 13.8 Å². The predicted molar refractivity (Wildman–Crippen MR) is 84.3 cm³/mol. The Balaban J connectivity index is 0.00000200. The van der Waals surface area contributed by atoms with E-state index in [1.54, 1.807) is 25.1 Å². The van der Waals surface area contributed by atoms with Crippen molar-refractivity contribution in [1.82, 2.24) is 9.62 Å². The second-order valence-electron chi connectivity index (χ2n) is 5.15. The predicted octanol–water partition coefficient (Wildman–Crippen LogP) is 2.44. The molecule has 0 saturated carbocycles. The van der Waals surface area contributed by atoms with E-state index in [9.17, 15) is 8.42 Å². The lowest BCUT2D eigenvalue weighted by Crippen LogP contribution is -2.55.